The van der Waals surface area contributed by atoms with Crippen LogP contribution in [0.1, 0.15) is 47.7 Å². The number of rotatable bonds is 9. The second kappa shape index (κ2) is 11.2. The van der Waals surface area contributed by atoms with E-state index in [0.717, 1.165) is 49.4 Å². The first-order valence-corrected chi connectivity index (χ1v) is 12.0. The number of likely N-dealkylation sites (tertiary alicyclic amines) is 1. The Morgan fingerprint density at radius 1 is 1.30 bits per heavy atom. The van der Waals surface area contributed by atoms with Crippen molar-refractivity contribution >= 4 is 23.6 Å². The average Bonchev–Trinajstić information content (AvgIpc) is 3.25. The summed E-state index contributed by atoms with van der Waals surface area (Å²) in [7, 11) is 1.85. The Kier molecular flexibility index (Phi) is 8.37. The van der Waals surface area contributed by atoms with Gasteiger partial charge in [0.25, 0.3) is 5.91 Å². The van der Waals surface area contributed by atoms with Crippen LogP contribution in [0, 0.1) is 5.92 Å². The fraction of sp³-hybridized carbons (Fsp3) is 0.522. The molecule has 2 aromatic rings. The Hall–Kier alpha value is -2.28. The lowest BCUT2D eigenvalue weighted by Gasteiger charge is -2.32. The van der Waals surface area contributed by atoms with Crippen molar-refractivity contribution in [3.63, 3.8) is 0 Å². The van der Waals surface area contributed by atoms with E-state index in [0.29, 0.717) is 31.2 Å². The fourth-order valence-corrected chi connectivity index (χ4v) is 4.26. The number of thioether (sulfide) groups is 1. The number of pyridine rings is 1. The molecule has 1 saturated heterocycles. The summed E-state index contributed by atoms with van der Waals surface area (Å²) >= 11 is 1.67. The second-order valence-electron chi connectivity index (χ2n) is 7.88. The normalized spacial score (nSPS) is 16.5. The minimum Gasteiger partial charge on any atom is -0.455 e. The molecule has 3 rings (SSSR count). The van der Waals surface area contributed by atoms with Crippen LogP contribution in [0.25, 0.3) is 0 Å². The van der Waals surface area contributed by atoms with Gasteiger partial charge in [-0.25, -0.2) is 0 Å². The van der Waals surface area contributed by atoms with E-state index >= 15 is 0 Å². The van der Waals surface area contributed by atoms with Crippen LogP contribution >= 0.6 is 11.8 Å². The first-order valence-electron chi connectivity index (χ1n) is 10.6. The van der Waals surface area contributed by atoms with E-state index in [4.69, 9.17) is 4.42 Å². The van der Waals surface area contributed by atoms with Crippen LogP contribution in [0.4, 0.5) is 0 Å². The van der Waals surface area contributed by atoms with Crippen LogP contribution in [-0.4, -0.2) is 59.5 Å². The Labute approximate surface area is 183 Å². The molecule has 7 heteroatoms. The molecule has 162 valence electrons. The van der Waals surface area contributed by atoms with Crippen molar-refractivity contribution in [2.45, 2.75) is 37.9 Å². The smallest absolute Gasteiger partial charge is 0.289 e. The molecule has 0 saturated carbocycles. The Bertz CT molecular complexity index is 824. The number of furan rings is 1. The third-order valence-corrected chi connectivity index (χ3v) is 6.16. The predicted octanol–water partition coefficient (Wildman–Crippen LogP) is 3.87. The number of carbonyl (C=O) groups excluding carboxylic acids is 2. The SMILES string of the molecule is CSCc1ccc(C(=O)N2CCC[C@@H](CCC(=O)N(C)CCc3ccccn3)C2)o1. The fourth-order valence-electron chi connectivity index (χ4n) is 3.83. The van der Waals surface area contributed by atoms with Gasteiger partial charge in [-0.3, -0.25) is 14.6 Å². The van der Waals surface area contributed by atoms with Gasteiger partial charge in [-0.05, 0) is 55.7 Å². The second-order valence-corrected chi connectivity index (χ2v) is 8.75. The molecule has 0 aliphatic carbocycles. The van der Waals surface area contributed by atoms with Gasteiger partial charge < -0.3 is 14.2 Å². The maximum Gasteiger partial charge on any atom is 0.289 e. The minimum atomic E-state index is -0.0362. The Morgan fingerprint density at radius 3 is 2.93 bits per heavy atom. The molecule has 6 nitrogen and oxygen atoms in total. The predicted molar refractivity (Wildman–Crippen MR) is 119 cm³/mol. The molecule has 30 heavy (non-hydrogen) atoms. The molecule has 1 aliphatic rings. The van der Waals surface area contributed by atoms with Gasteiger partial charge in [0.1, 0.15) is 5.76 Å². The van der Waals surface area contributed by atoms with Crippen LogP contribution in [0.3, 0.4) is 0 Å². The lowest BCUT2D eigenvalue weighted by Crippen LogP contribution is -2.40. The zero-order valence-electron chi connectivity index (χ0n) is 17.9. The van der Waals surface area contributed by atoms with E-state index in [1.54, 1.807) is 28.9 Å². The first-order chi connectivity index (χ1) is 14.6. The van der Waals surface area contributed by atoms with Crippen molar-refractivity contribution in [3.05, 3.63) is 53.7 Å². The van der Waals surface area contributed by atoms with Gasteiger partial charge in [-0.2, -0.15) is 11.8 Å². The molecule has 2 amide bonds. The number of hydrogen-bond donors (Lipinski definition) is 0. The summed E-state index contributed by atoms with van der Waals surface area (Å²) in [6.45, 7) is 2.12. The molecule has 1 atom stereocenters. The minimum absolute atomic E-state index is 0.0362. The van der Waals surface area contributed by atoms with Crippen LogP contribution in [0.2, 0.25) is 0 Å². The van der Waals surface area contributed by atoms with Gasteiger partial charge >= 0.3 is 0 Å². The van der Waals surface area contributed by atoms with Crippen molar-refractivity contribution in [3.8, 4) is 0 Å². The van der Waals surface area contributed by atoms with Crippen molar-refractivity contribution < 1.29 is 14.0 Å². The van der Waals surface area contributed by atoms with Gasteiger partial charge in [0.2, 0.25) is 5.91 Å². The zero-order chi connectivity index (χ0) is 21.3. The summed E-state index contributed by atoms with van der Waals surface area (Å²) in [5.41, 5.74) is 0.997. The zero-order valence-corrected chi connectivity index (χ0v) is 18.7. The number of aromatic nitrogens is 1. The van der Waals surface area contributed by atoms with E-state index < -0.39 is 0 Å². The van der Waals surface area contributed by atoms with Gasteiger partial charge in [0.15, 0.2) is 5.76 Å². The van der Waals surface area contributed by atoms with E-state index in [1.807, 2.05) is 42.5 Å². The van der Waals surface area contributed by atoms with E-state index in [1.165, 1.54) is 0 Å². The molecule has 0 N–H and O–H groups in total. The molecule has 0 radical (unpaired) electrons. The molecule has 0 bridgehead atoms. The molecule has 2 aromatic heterocycles. The van der Waals surface area contributed by atoms with Gasteiger partial charge in [0, 0.05) is 51.4 Å². The lowest BCUT2D eigenvalue weighted by atomic mass is 9.93. The quantitative estimate of drug-likeness (QED) is 0.605. The molecule has 1 aliphatic heterocycles. The topological polar surface area (TPSA) is 66.7 Å². The van der Waals surface area contributed by atoms with Gasteiger partial charge in [0.05, 0.1) is 5.75 Å². The monoisotopic (exact) mass is 429 g/mol. The molecule has 0 unspecified atom stereocenters. The summed E-state index contributed by atoms with van der Waals surface area (Å²) in [5.74, 6) is 2.50. The van der Waals surface area contributed by atoms with E-state index in [2.05, 4.69) is 4.98 Å². The number of amides is 2. The standard InChI is InChI=1S/C23H31N3O3S/c1-25(15-12-19-7-3-4-13-24-19)22(27)11-8-18-6-5-14-26(16-18)23(28)21-10-9-20(29-21)17-30-2/h3-4,7,9-10,13,18H,5-6,8,11-12,14-17H2,1-2H3/t18-/m0/s1. The molecular formula is C23H31N3O3S. The maximum atomic E-state index is 12.8. The highest BCUT2D eigenvalue weighted by molar-refractivity contribution is 7.97. The summed E-state index contributed by atoms with van der Waals surface area (Å²) < 4.78 is 5.69. The molecular weight excluding hydrogens is 398 g/mol. The maximum absolute atomic E-state index is 12.8. The molecule has 0 spiro atoms. The highest BCUT2D eigenvalue weighted by atomic mass is 32.2. The summed E-state index contributed by atoms with van der Waals surface area (Å²) in [6, 6.07) is 9.50. The van der Waals surface area contributed by atoms with Crippen LogP contribution < -0.4 is 0 Å². The van der Waals surface area contributed by atoms with Gasteiger partial charge in [-0.1, -0.05) is 6.07 Å². The van der Waals surface area contributed by atoms with E-state index in [9.17, 15) is 9.59 Å². The van der Waals surface area contributed by atoms with Crippen LogP contribution in [-0.2, 0) is 17.0 Å². The summed E-state index contributed by atoms with van der Waals surface area (Å²) in [6.07, 6.45) is 7.91. The van der Waals surface area contributed by atoms with E-state index in [-0.39, 0.29) is 11.8 Å². The number of piperidine rings is 1. The first kappa shape index (κ1) is 22.4. The highest BCUT2D eigenvalue weighted by Crippen LogP contribution is 2.24. The van der Waals surface area contributed by atoms with Crippen LogP contribution in [0.15, 0.2) is 40.9 Å². The number of carbonyl (C=O) groups is 2. The Balaban J connectivity index is 1.43. The van der Waals surface area contributed by atoms with Gasteiger partial charge in [-0.15, -0.1) is 0 Å². The third-order valence-electron chi connectivity index (χ3n) is 5.59. The van der Waals surface area contributed by atoms with Crippen LogP contribution in [0.5, 0.6) is 0 Å². The van der Waals surface area contributed by atoms with Crippen molar-refractivity contribution in [2.24, 2.45) is 5.92 Å². The van der Waals surface area contributed by atoms with Crippen molar-refractivity contribution in [1.82, 2.24) is 14.8 Å². The van der Waals surface area contributed by atoms with Crippen molar-refractivity contribution in [2.75, 3.05) is 32.9 Å². The van der Waals surface area contributed by atoms with Crippen molar-refractivity contribution in [1.29, 1.82) is 0 Å². The largest absolute Gasteiger partial charge is 0.455 e. The third kappa shape index (κ3) is 6.36. The number of hydrogen-bond acceptors (Lipinski definition) is 5. The molecule has 3 heterocycles. The lowest BCUT2D eigenvalue weighted by molar-refractivity contribution is -0.130. The number of likely N-dealkylation sites (N-methyl/N-ethyl adjacent to an activating group) is 1. The average molecular weight is 430 g/mol. The summed E-state index contributed by atoms with van der Waals surface area (Å²) in [4.78, 5) is 33.3. The highest BCUT2D eigenvalue weighted by Gasteiger charge is 2.27. The summed E-state index contributed by atoms with van der Waals surface area (Å²) in [5, 5.41) is 0. The molecule has 1 fully saturated rings. The Morgan fingerprint density at radius 2 is 2.17 bits per heavy atom. The number of nitrogens with zero attached hydrogens (tertiary/aromatic N) is 3. The molecule has 0 aromatic carbocycles.